The summed E-state index contributed by atoms with van der Waals surface area (Å²) in [7, 11) is -49.9. The maximum absolute atomic E-state index is 16.1. The van der Waals surface area contributed by atoms with Gasteiger partial charge in [0.25, 0.3) is 0 Å². The topological polar surface area (TPSA) is 295 Å². The summed E-state index contributed by atoms with van der Waals surface area (Å²) in [6.07, 6.45) is 0. The summed E-state index contributed by atoms with van der Waals surface area (Å²) in [6.45, 7) is -2.42. The van der Waals surface area contributed by atoms with Gasteiger partial charge >= 0.3 is 104 Å². The van der Waals surface area contributed by atoms with E-state index in [9.17, 15) is 0 Å². The number of hydrogen-bond donors (Lipinski definition) is 1. The van der Waals surface area contributed by atoms with Crippen molar-refractivity contribution in [2.24, 2.45) is 0 Å². The minimum Gasteiger partial charge on any atom is -0.459 e. The average Bonchev–Trinajstić information content (AvgIpc) is 0.684. The number of nitrogens with two attached hydrogens (primary N) is 1. The number of benzene rings is 7. The van der Waals surface area contributed by atoms with Gasteiger partial charge in [0, 0.05) is 17.4 Å². The molecule has 0 radical (unpaired) electrons. The second-order valence-electron chi connectivity index (χ2n) is 20.0. The number of hydrogen-bond acceptors (Lipinski definition) is 25. The fourth-order valence-corrected chi connectivity index (χ4v) is 50.4. The molecule has 33 heteroatoms. The molecule has 0 aliphatic carbocycles. The first kappa shape index (κ1) is 60.7. The summed E-state index contributed by atoms with van der Waals surface area (Å²) in [5.41, 5.74) is -0.892. The molecule has 7 aromatic rings. The lowest BCUT2D eigenvalue weighted by atomic mass is 10.2. The Hall–Kier alpha value is -7.58. The Kier molecular flexibility index (Phi) is 17.1. The van der Waals surface area contributed by atoms with Crippen molar-refractivity contribution in [2.45, 2.75) is 46.2 Å². The lowest BCUT2D eigenvalue weighted by molar-refractivity contribution is -0.0275. The Balaban J connectivity index is 1.15. The maximum atomic E-state index is 16.1. The molecule has 0 atom stereocenters. The zero-order valence-electron chi connectivity index (χ0n) is 46.2. The zero-order valence-corrected chi connectivity index (χ0v) is 54.2. The van der Waals surface area contributed by atoms with Crippen LogP contribution < -0.4 is 10.9 Å². The number of rotatable bonds is 19. The molecule has 452 valence electrons. The van der Waals surface area contributed by atoms with Crippen LogP contribution in [0.4, 0.5) is 34.5 Å². The summed E-state index contributed by atoms with van der Waals surface area (Å²) in [5.74, 6) is 0. The second-order valence-corrected chi connectivity index (χ2v) is 42.3. The van der Waals surface area contributed by atoms with Crippen LogP contribution in [0.5, 0.6) is 0 Å². The van der Waals surface area contributed by atoms with Gasteiger partial charge in [0.05, 0.1) is 0 Å². The van der Waals surface area contributed by atoms with Crippen molar-refractivity contribution in [1.82, 2.24) is 0 Å². The molecular weight excluding hydrogens is 1280 g/mol. The van der Waals surface area contributed by atoms with Gasteiger partial charge < -0.3 is 83.5 Å². The molecule has 8 bridgehead atoms. The highest BCUT2D eigenvalue weighted by molar-refractivity contribution is 7.23. The molecule has 0 unspecified atom stereocenters. The van der Waals surface area contributed by atoms with E-state index in [1.165, 1.54) is 24.3 Å². The molecule has 0 saturated carbocycles. The Bertz CT molecular complexity index is 3350. The fraction of sp³-hybridized carbons (Fsp3) is 0.127. The largest absolute Gasteiger partial charge is 0.601 e. The van der Waals surface area contributed by atoms with E-state index >= 15 is 28.8 Å². The van der Waals surface area contributed by atoms with Crippen LogP contribution in [0.3, 0.4) is 0 Å². The number of carbonyl (C=O) groups is 6. The first-order valence-corrected chi connectivity index (χ1v) is 41.3. The predicted octanol–water partition coefficient (Wildman–Crippen LogP) is 8.40. The molecule has 6 saturated heterocycles. The zero-order chi connectivity index (χ0) is 61.1. The van der Waals surface area contributed by atoms with Gasteiger partial charge in [0.1, 0.15) is 39.6 Å². The molecule has 2 N–H and O–H groups in total. The summed E-state index contributed by atoms with van der Waals surface area (Å²) in [4.78, 5) is 95.8. The number of carbonyl (C=O) groups excluding carboxylic acids is 6. The van der Waals surface area contributed by atoms with Crippen molar-refractivity contribution < 1.29 is 107 Å². The van der Waals surface area contributed by atoms with E-state index in [4.69, 9.17) is 83.5 Å². The minimum absolute atomic E-state index is 0.115. The van der Waals surface area contributed by atoms with Gasteiger partial charge in [-0.15, -0.1) is 0 Å². The van der Waals surface area contributed by atoms with Crippen LogP contribution in [0, 0.1) is 0 Å². The van der Waals surface area contributed by atoms with Crippen molar-refractivity contribution in [3.63, 3.8) is 0 Å². The molecule has 13 rings (SSSR count). The van der Waals surface area contributed by atoms with Crippen molar-refractivity contribution in [3.05, 3.63) is 240 Å². The third-order valence-corrected chi connectivity index (χ3v) is 45.3. The molecule has 0 amide bonds. The summed E-state index contributed by atoms with van der Waals surface area (Å²) >= 11 is 0. The summed E-state index contributed by atoms with van der Waals surface area (Å²) < 4.78 is 120. The molecule has 7 aromatic carbocycles. The average molecular weight is 1330 g/mol. The van der Waals surface area contributed by atoms with Crippen molar-refractivity contribution >= 4 is 115 Å². The Morgan fingerprint density at radius 1 is 0.284 bits per heavy atom. The highest BCUT2D eigenvalue weighted by Gasteiger charge is 2.92. The normalized spacial score (nSPS) is 28.2. The van der Waals surface area contributed by atoms with Crippen molar-refractivity contribution in [2.75, 3.05) is 5.73 Å². The molecule has 25 nitrogen and oxygen atoms in total. The first-order chi connectivity index (χ1) is 42.5. The van der Waals surface area contributed by atoms with Crippen LogP contribution in [0.2, 0.25) is 6.55 Å². The Morgan fingerprint density at radius 3 is 0.682 bits per heavy atom. The predicted molar refractivity (Wildman–Crippen MR) is 315 cm³/mol. The van der Waals surface area contributed by atoms with E-state index in [1.54, 1.807) is 182 Å². The van der Waals surface area contributed by atoms with Gasteiger partial charge in [-0.2, -0.15) is 0 Å². The summed E-state index contributed by atoms with van der Waals surface area (Å²) in [6, 6.07) is 54.6. The van der Waals surface area contributed by atoms with Gasteiger partial charge in [-0.25, -0.2) is 28.8 Å². The second kappa shape index (κ2) is 24.8. The third-order valence-electron chi connectivity index (χ3n) is 13.4. The van der Waals surface area contributed by atoms with Crippen LogP contribution in [-0.2, 0) is 117 Å². The third kappa shape index (κ3) is 12.4. The van der Waals surface area contributed by atoms with Gasteiger partial charge in [-0.05, 0) is 45.5 Å². The maximum Gasteiger partial charge on any atom is 0.601 e. The van der Waals surface area contributed by atoms with Crippen molar-refractivity contribution in [3.8, 4) is 0 Å². The smallest absolute Gasteiger partial charge is 0.459 e. The van der Waals surface area contributed by atoms with E-state index < -0.39 is 144 Å². The van der Waals surface area contributed by atoms with Crippen LogP contribution >= 0.6 is 0 Å². The Morgan fingerprint density at radius 2 is 0.477 bits per heavy atom. The van der Waals surface area contributed by atoms with E-state index in [-0.39, 0.29) is 10.9 Å². The van der Waals surface area contributed by atoms with Crippen molar-refractivity contribution in [1.29, 1.82) is 0 Å². The first-order valence-electron chi connectivity index (χ1n) is 27.0. The van der Waals surface area contributed by atoms with Crippen LogP contribution in [0.15, 0.2) is 206 Å². The number of anilines is 1. The molecule has 6 aliphatic heterocycles. The number of nitrogen functional groups attached to an aromatic ring is 1. The molecule has 6 heterocycles. The van der Waals surface area contributed by atoms with Crippen LogP contribution in [-0.4, -0.2) is 104 Å². The van der Waals surface area contributed by atoms with E-state index in [0.717, 1.165) is 6.55 Å². The van der Waals surface area contributed by atoms with Gasteiger partial charge in [-0.1, -0.05) is 194 Å². The molecule has 0 spiro atoms. The lowest BCUT2D eigenvalue weighted by Crippen LogP contribution is -2.93. The van der Waals surface area contributed by atoms with Gasteiger partial charge in [0.15, 0.2) is 0 Å². The van der Waals surface area contributed by atoms with Gasteiger partial charge in [-0.3, -0.25) is 0 Å². The monoisotopic (exact) mass is 1330 g/mol. The van der Waals surface area contributed by atoms with E-state index in [2.05, 4.69) is 0 Å². The quantitative estimate of drug-likeness (QED) is 0.0451. The van der Waals surface area contributed by atoms with Crippen LogP contribution in [0.25, 0.3) is 0 Å². The van der Waals surface area contributed by atoms with E-state index in [0.29, 0.717) is 33.4 Å². The van der Waals surface area contributed by atoms with Crippen LogP contribution in [0.1, 0.15) is 33.4 Å². The molecule has 6 fully saturated rings. The minimum atomic E-state index is -6.41. The lowest BCUT2D eigenvalue weighted by Gasteiger charge is -2.58. The highest BCUT2D eigenvalue weighted by Crippen LogP contribution is 2.51. The fourth-order valence-electron chi connectivity index (χ4n) is 9.31. The molecular formula is C55H51NO24Si8. The standard InChI is InChI=1S/C55H51NO24Si8/c1-81-69-83(50(57)63-36-42-20-8-2-9-21-42)75-86(53(60)66-39-45-26-14-5-15-27-45)72-82(49-34-32-48(56)33-35-49)73-87(76-83,54(61)67-40-46-28-16-6-17-29-46)78-85(71-81,52(59)65-38-44-24-12-4-13-25-44)80-88(74-82,55(62)68-41-47-30-18-7-19-31-47)79-84(70-81,77-86)51(58)64-37-43-22-10-3-11-23-43/h2-35H,36-41,56H2,1H3. The van der Waals surface area contributed by atoms with Gasteiger partial charge in [0.2, 0.25) is 0 Å². The Labute approximate surface area is 510 Å². The van der Waals surface area contributed by atoms with E-state index in [1.807, 2.05) is 0 Å². The summed E-state index contributed by atoms with van der Waals surface area (Å²) in [5, 5.41) is -0.319. The highest BCUT2D eigenvalue weighted by atomic mass is 28.6. The number of ether oxygens (including phenoxy) is 6. The molecule has 0 aromatic heterocycles. The SMILES string of the molecule is C[Si]12O[Si]3(C(=O)OCc4ccccc4)O[Si]4(C(=O)OCc5ccccc5)O[Si](C(=O)OCc5ccccc5)(O1)O[Si]1(C(=O)OCc5ccccc5)O[Si](C(=O)OCc5ccccc5)(O2)O[Si](C(=O)OCc2ccccc2)(O3)O[Si](c2ccc(N)cc2)(O4)O1. The molecule has 6 aliphatic rings. The molecule has 88 heavy (non-hydrogen) atoms.